The number of nitrogens with two attached hydrogens (primary N) is 1. The Labute approximate surface area is 177 Å². The molecule has 9 heteroatoms. The van der Waals surface area contributed by atoms with Crippen LogP contribution in [0.25, 0.3) is 16.9 Å². The number of anilines is 1. The molecule has 1 aliphatic carbocycles. The van der Waals surface area contributed by atoms with Crippen LogP contribution in [0.5, 0.6) is 0 Å². The maximum atomic E-state index is 13.1. The average molecular weight is 426 g/mol. The topological polar surface area (TPSA) is 117 Å². The van der Waals surface area contributed by atoms with Gasteiger partial charge in [0.2, 0.25) is 0 Å². The molecule has 2 aromatic heterocycles. The van der Waals surface area contributed by atoms with E-state index in [4.69, 9.17) is 5.73 Å². The number of benzene rings is 1. The van der Waals surface area contributed by atoms with Gasteiger partial charge in [-0.05, 0) is 55.7 Å². The van der Waals surface area contributed by atoms with Crippen LogP contribution in [-0.4, -0.2) is 47.9 Å². The summed E-state index contributed by atoms with van der Waals surface area (Å²) in [5, 5.41) is 23.4. The van der Waals surface area contributed by atoms with E-state index in [0.29, 0.717) is 23.8 Å². The molecule has 1 saturated carbocycles. The van der Waals surface area contributed by atoms with E-state index < -0.39 is 6.29 Å². The maximum Gasteiger partial charge on any atom is 0.255 e. The normalized spacial score (nSPS) is 17.2. The number of rotatable bonds is 5. The van der Waals surface area contributed by atoms with Crippen molar-refractivity contribution in [1.82, 2.24) is 19.5 Å². The molecular formula is C21H23N5O3S. The van der Waals surface area contributed by atoms with Crippen LogP contribution in [0.1, 0.15) is 47.5 Å². The molecule has 30 heavy (non-hydrogen) atoms. The van der Waals surface area contributed by atoms with E-state index in [1.807, 2.05) is 23.3 Å². The van der Waals surface area contributed by atoms with Gasteiger partial charge in [0, 0.05) is 29.2 Å². The van der Waals surface area contributed by atoms with E-state index in [1.54, 1.807) is 24.0 Å². The second-order valence-corrected chi connectivity index (χ2v) is 8.83. The molecular weight excluding hydrogens is 402 g/mol. The minimum Gasteiger partial charge on any atom is -0.382 e. The molecule has 0 unspecified atom stereocenters. The predicted octanol–water partition coefficient (Wildman–Crippen LogP) is 2.44. The number of carbonyl (C=O) groups excluding carboxylic acids is 1. The van der Waals surface area contributed by atoms with Crippen LogP contribution in [-0.2, 0) is 6.54 Å². The smallest absolute Gasteiger partial charge is 0.255 e. The summed E-state index contributed by atoms with van der Waals surface area (Å²) in [6, 6.07) is 6.04. The molecule has 1 fully saturated rings. The van der Waals surface area contributed by atoms with Crippen LogP contribution in [0.4, 0.5) is 5.82 Å². The number of aliphatic hydroxyl groups excluding tert-OH is 1. The van der Waals surface area contributed by atoms with Crippen molar-refractivity contribution in [2.75, 3.05) is 12.0 Å². The van der Waals surface area contributed by atoms with Gasteiger partial charge in [-0.1, -0.05) is 0 Å². The van der Waals surface area contributed by atoms with Crippen LogP contribution >= 0.6 is 11.8 Å². The standard InChI is InChI=1S/C21H23N5O3S/c1-10(11-3-4-11)25-9-13-7-12(8-15(30-2)16(13)20(25)27)14-5-6-26-19(23-14)17(21(28)29)18(22)24-26/h5-8,10-11,21,28-29H,3-4,9H2,1-2H3,(H2,22,24)/t10-/m0/s1. The van der Waals surface area contributed by atoms with Crippen molar-refractivity contribution in [1.29, 1.82) is 0 Å². The fourth-order valence-corrected chi connectivity index (χ4v) is 4.95. The molecule has 8 nitrogen and oxygen atoms in total. The minimum atomic E-state index is -1.76. The molecule has 1 aliphatic heterocycles. The van der Waals surface area contributed by atoms with E-state index in [-0.39, 0.29) is 23.3 Å². The van der Waals surface area contributed by atoms with Crippen LogP contribution in [0.3, 0.4) is 0 Å². The summed E-state index contributed by atoms with van der Waals surface area (Å²) in [7, 11) is 0. The van der Waals surface area contributed by atoms with E-state index >= 15 is 0 Å². The third kappa shape index (κ3) is 2.96. The predicted molar refractivity (Wildman–Crippen MR) is 114 cm³/mol. The second kappa shape index (κ2) is 6.97. The van der Waals surface area contributed by atoms with Gasteiger partial charge >= 0.3 is 0 Å². The summed E-state index contributed by atoms with van der Waals surface area (Å²) in [6.45, 7) is 2.75. The Morgan fingerprint density at radius 2 is 2.07 bits per heavy atom. The van der Waals surface area contributed by atoms with Gasteiger partial charge in [-0.2, -0.15) is 0 Å². The second-order valence-electron chi connectivity index (χ2n) is 7.98. The number of hydrogen-bond acceptors (Lipinski definition) is 7. The Morgan fingerprint density at radius 1 is 1.30 bits per heavy atom. The van der Waals surface area contributed by atoms with Crippen LogP contribution < -0.4 is 5.73 Å². The van der Waals surface area contributed by atoms with Gasteiger partial charge < -0.3 is 20.8 Å². The average Bonchev–Trinajstić information content (AvgIpc) is 3.44. The zero-order chi connectivity index (χ0) is 21.2. The van der Waals surface area contributed by atoms with Gasteiger partial charge in [-0.25, -0.2) is 9.50 Å². The van der Waals surface area contributed by atoms with Gasteiger partial charge in [0.25, 0.3) is 5.91 Å². The molecule has 4 N–H and O–H groups in total. The highest BCUT2D eigenvalue weighted by Gasteiger charge is 2.39. The summed E-state index contributed by atoms with van der Waals surface area (Å²) >= 11 is 1.55. The van der Waals surface area contributed by atoms with Crippen molar-refractivity contribution in [2.24, 2.45) is 5.92 Å². The van der Waals surface area contributed by atoms with E-state index in [2.05, 4.69) is 17.0 Å². The lowest BCUT2D eigenvalue weighted by atomic mass is 10.0. The Balaban J connectivity index is 1.59. The van der Waals surface area contributed by atoms with Crippen molar-refractivity contribution in [3.05, 3.63) is 41.1 Å². The Hall–Kier alpha value is -2.62. The molecule has 0 bridgehead atoms. The minimum absolute atomic E-state index is 0.0312. The first-order valence-electron chi connectivity index (χ1n) is 9.92. The van der Waals surface area contributed by atoms with Crippen molar-refractivity contribution in [3.8, 4) is 11.3 Å². The van der Waals surface area contributed by atoms with Crippen molar-refractivity contribution >= 4 is 29.1 Å². The maximum absolute atomic E-state index is 13.1. The molecule has 1 amide bonds. The first-order chi connectivity index (χ1) is 14.4. The highest BCUT2D eigenvalue weighted by Crippen LogP contribution is 2.41. The molecule has 2 aliphatic rings. The highest BCUT2D eigenvalue weighted by atomic mass is 32.2. The molecule has 0 radical (unpaired) electrons. The van der Waals surface area contributed by atoms with Gasteiger partial charge in [-0.3, -0.25) is 4.79 Å². The van der Waals surface area contributed by atoms with Crippen LogP contribution in [0, 0.1) is 5.92 Å². The molecule has 1 aromatic carbocycles. The molecule has 5 rings (SSSR count). The first-order valence-corrected chi connectivity index (χ1v) is 11.1. The number of carbonyl (C=O) groups is 1. The Bertz CT molecular complexity index is 1170. The van der Waals surface area contributed by atoms with Crippen molar-refractivity contribution in [3.63, 3.8) is 0 Å². The number of thioether (sulfide) groups is 1. The first kappa shape index (κ1) is 19.3. The molecule has 3 heterocycles. The van der Waals surface area contributed by atoms with Crippen molar-refractivity contribution < 1.29 is 15.0 Å². The highest BCUT2D eigenvalue weighted by molar-refractivity contribution is 7.98. The summed E-state index contributed by atoms with van der Waals surface area (Å²) in [6.07, 6.45) is 4.29. The quantitative estimate of drug-likeness (QED) is 0.424. The van der Waals surface area contributed by atoms with E-state index in [9.17, 15) is 15.0 Å². The lowest BCUT2D eigenvalue weighted by Gasteiger charge is -2.24. The third-order valence-corrected chi connectivity index (χ3v) is 6.88. The summed E-state index contributed by atoms with van der Waals surface area (Å²) in [5.74, 6) is 0.752. The Kier molecular flexibility index (Phi) is 4.49. The summed E-state index contributed by atoms with van der Waals surface area (Å²) in [4.78, 5) is 20.6. The Morgan fingerprint density at radius 3 is 2.73 bits per heavy atom. The number of nitrogens with zero attached hydrogens (tertiary/aromatic N) is 4. The number of hydrogen-bond donors (Lipinski definition) is 3. The fourth-order valence-electron chi connectivity index (χ4n) is 4.28. The largest absolute Gasteiger partial charge is 0.382 e. The van der Waals surface area contributed by atoms with Crippen molar-refractivity contribution in [2.45, 2.75) is 43.5 Å². The SMILES string of the molecule is CSc1cc(-c2ccn3nc(N)c(C(O)O)c3n2)cc2c1C(=O)N([C@@H](C)C1CC1)C2. The molecule has 0 spiro atoms. The zero-order valence-electron chi connectivity index (χ0n) is 16.7. The third-order valence-electron chi connectivity index (χ3n) is 6.12. The number of nitrogen functional groups attached to an aromatic ring is 1. The molecule has 156 valence electrons. The van der Waals surface area contributed by atoms with Gasteiger partial charge in [0.15, 0.2) is 17.8 Å². The van der Waals surface area contributed by atoms with Crippen LogP contribution in [0.15, 0.2) is 29.3 Å². The molecule has 1 atom stereocenters. The lowest BCUT2D eigenvalue weighted by molar-refractivity contribution is -0.0408. The molecule has 3 aromatic rings. The van der Waals surface area contributed by atoms with E-state index in [1.165, 1.54) is 17.4 Å². The fraction of sp³-hybridized carbons (Fsp3) is 0.381. The summed E-state index contributed by atoms with van der Waals surface area (Å²) < 4.78 is 1.43. The number of aromatic nitrogens is 3. The number of fused-ring (bicyclic) bond motifs is 2. The van der Waals surface area contributed by atoms with Crippen LogP contribution in [0.2, 0.25) is 0 Å². The monoisotopic (exact) mass is 425 g/mol. The summed E-state index contributed by atoms with van der Waals surface area (Å²) in [5.41, 5.74) is 9.52. The number of amides is 1. The lowest BCUT2D eigenvalue weighted by Crippen LogP contribution is -2.34. The molecule has 0 saturated heterocycles. The number of aliphatic hydroxyl groups is 2. The van der Waals surface area contributed by atoms with Gasteiger partial charge in [-0.15, -0.1) is 16.9 Å². The van der Waals surface area contributed by atoms with Gasteiger partial charge in [0.1, 0.15) is 0 Å². The zero-order valence-corrected chi connectivity index (χ0v) is 17.6. The van der Waals surface area contributed by atoms with E-state index in [0.717, 1.165) is 21.6 Å². The van der Waals surface area contributed by atoms with Gasteiger partial charge in [0.05, 0.1) is 16.8 Å².